The highest BCUT2D eigenvalue weighted by Crippen LogP contribution is 2.05. The lowest BCUT2D eigenvalue weighted by Crippen LogP contribution is -1.55. The van der Waals surface area contributed by atoms with Crippen molar-refractivity contribution in [3.05, 3.63) is 22.4 Å². The summed E-state index contributed by atoms with van der Waals surface area (Å²) in [4.78, 5) is 9.70. The van der Waals surface area contributed by atoms with Gasteiger partial charge in [-0.3, -0.25) is 0 Å². The highest BCUT2D eigenvalue weighted by Gasteiger charge is 1.81. The van der Waals surface area contributed by atoms with Crippen molar-refractivity contribution < 1.29 is 4.79 Å². The first-order chi connectivity index (χ1) is 3.93. The van der Waals surface area contributed by atoms with Gasteiger partial charge in [-0.25, -0.2) is 4.79 Å². The summed E-state index contributed by atoms with van der Waals surface area (Å²) in [7, 11) is 0. The molecule has 1 aromatic heterocycles. The fourth-order valence-corrected chi connectivity index (χ4v) is 1.04. The summed E-state index contributed by atoms with van der Waals surface area (Å²) >= 11 is 1.57. The van der Waals surface area contributed by atoms with Gasteiger partial charge in [0.1, 0.15) is 5.94 Å². The standard InChI is InChI=1S/C6H4OS/c7-3-1-6-2-4-8-5-6/h1-2,4-5H. The Morgan fingerprint density at radius 1 is 1.75 bits per heavy atom. The van der Waals surface area contributed by atoms with Gasteiger partial charge in [-0.15, -0.1) is 0 Å². The van der Waals surface area contributed by atoms with E-state index in [1.165, 1.54) is 6.08 Å². The molecule has 8 heavy (non-hydrogen) atoms. The molecule has 0 atom stereocenters. The molecule has 0 aliphatic carbocycles. The van der Waals surface area contributed by atoms with Crippen molar-refractivity contribution in [3.63, 3.8) is 0 Å². The second-order valence-electron chi connectivity index (χ2n) is 1.32. The van der Waals surface area contributed by atoms with E-state index >= 15 is 0 Å². The molecule has 0 unspecified atom stereocenters. The SMILES string of the molecule is O=C=Cc1ccsc1. The maximum absolute atomic E-state index is 9.70. The van der Waals surface area contributed by atoms with E-state index in [0.717, 1.165) is 5.56 Å². The molecule has 0 aliphatic rings. The largest absolute Gasteiger partial charge is 0.233 e. The Kier molecular flexibility index (Phi) is 1.62. The van der Waals surface area contributed by atoms with Crippen LogP contribution in [0.1, 0.15) is 5.56 Å². The first kappa shape index (κ1) is 5.29. The topological polar surface area (TPSA) is 17.1 Å². The summed E-state index contributed by atoms with van der Waals surface area (Å²) in [6, 6.07) is 1.87. The van der Waals surface area contributed by atoms with Gasteiger partial charge < -0.3 is 0 Å². The minimum atomic E-state index is 0.935. The number of thiophene rings is 1. The van der Waals surface area contributed by atoms with Crippen LogP contribution in [0.5, 0.6) is 0 Å². The van der Waals surface area contributed by atoms with Gasteiger partial charge in [0.25, 0.3) is 0 Å². The average Bonchev–Trinajstić information content (AvgIpc) is 2.19. The Hall–Kier alpha value is -0.850. The molecular formula is C6H4OS. The van der Waals surface area contributed by atoms with E-state index in [1.54, 1.807) is 17.3 Å². The van der Waals surface area contributed by atoms with E-state index in [9.17, 15) is 4.79 Å². The van der Waals surface area contributed by atoms with Crippen LogP contribution in [0.3, 0.4) is 0 Å². The first-order valence-corrected chi connectivity index (χ1v) is 3.11. The first-order valence-electron chi connectivity index (χ1n) is 2.16. The van der Waals surface area contributed by atoms with Gasteiger partial charge in [0, 0.05) is 6.08 Å². The van der Waals surface area contributed by atoms with Gasteiger partial charge in [-0.2, -0.15) is 11.3 Å². The molecule has 0 fully saturated rings. The summed E-state index contributed by atoms with van der Waals surface area (Å²) in [5, 5.41) is 3.81. The Morgan fingerprint density at radius 2 is 2.62 bits per heavy atom. The molecule has 1 aromatic rings. The second kappa shape index (κ2) is 2.46. The molecule has 0 amide bonds. The molecule has 0 N–H and O–H groups in total. The Morgan fingerprint density at radius 3 is 3.12 bits per heavy atom. The van der Waals surface area contributed by atoms with E-state index in [1.807, 2.05) is 16.8 Å². The van der Waals surface area contributed by atoms with Gasteiger partial charge in [0.15, 0.2) is 0 Å². The van der Waals surface area contributed by atoms with Crippen molar-refractivity contribution in [1.82, 2.24) is 0 Å². The van der Waals surface area contributed by atoms with Gasteiger partial charge in [-0.05, 0) is 22.4 Å². The highest BCUT2D eigenvalue weighted by molar-refractivity contribution is 7.08. The number of carbonyl (C=O) groups excluding carboxylic acids is 1. The summed E-state index contributed by atoms with van der Waals surface area (Å²) in [6.07, 6.45) is 1.41. The van der Waals surface area contributed by atoms with Crippen LogP contribution in [0.15, 0.2) is 16.8 Å². The lowest BCUT2D eigenvalue weighted by Gasteiger charge is -1.69. The fraction of sp³-hybridized carbons (Fsp3) is 0. The zero-order valence-electron chi connectivity index (χ0n) is 4.13. The van der Waals surface area contributed by atoms with Crippen LogP contribution in [-0.2, 0) is 4.79 Å². The minimum Gasteiger partial charge on any atom is -0.233 e. The molecule has 1 nitrogen and oxygen atoms in total. The van der Waals surface area contributed by atoms with Crippen LogP contribution in [0.2, 0.25) is 0 Å². The summed E-state index contributed by atoms with van der Waals surface area (Å²) in [5.41, 5.74) is 0.935. The quantitative estimate of drug-likeness (QED) is 0.519. The minimum absolute atomic E-state index is 0.935. The van der Waals surface area contributed by atoms with E-state index in [-0.39, 0.29) is 0 Å². The van der Waals surface area contributed by atoms with Crippen molar-refractivity contribution in [3.8, 4) is 0 Å². The lowest BCUT2D eigenvalue weighted by atomic mass is 10.3. The molecule has 1 heterocycles. The number of hydrogen-bond donors (Lipinski definition) is 0. The molecule has 0 aromatic carbocycles. The summed E-state index contributed by atoms with van der Waals surface area (Å²) < 4.78 is 0. The van der Waals surface area contributed by atoms with Crippen molar-refractivity contribution in [1.29, 1.82) is 0 Å². The van der Waals surface area contributed by atoms with Crippen LogP contribution >= 0.6 is 11.3 Å². The van der Waals surface area contributed by atoms with E-state index in [0.29, 0.717) is 0 Å². The number of rotatable bonds is 1. The predicted molar refractivity (Wildman–Crippen MR) is 34.5 cm³/mol. The van der Waals surface area contributed by atoms with E-state index in [4.69, 9.17) is 0 Å². The van der Waals surface area contributed by atoms with Crippen molar-refractivity contribution >= 4 is 23.4 Å². The zero-order valence-corrected chi connectivity index (χ0v) is 4.94. The van der Waals surface area contributed by atoms with Gasteiger partial charge >= 0.3 is 0 Å². The van der Waals surface area contributed by atoms with Gasteiger partial charge in [-0.1, -0.05) is 0 Å². The molecule has 0 spiro atoms. The molecule has 1 rings (SSSR count). The third kappa shape index (κ3) is 1.06. The molecule has 0 saturated heterocycles. The molecule has 0 bridgehead atoms. The van der Waals surface area contributed by atoms with Crippen molar-refractivity contribution in [2.75, 3.05) is 0 Å². The third-order valence-electron chi connectivity index (χ3n) is 0.769. The van der Waals surface area contributed by atoms with Crippen LogP contribution in [0, 0.1) is 0 Å². The monoisotopic (exact) mass is 124 g/mol. The molecule has 40 valence electrons. The Bertz CT molecular complexity index is 194. The van der Waals surface area contributed by atoms with Crippen molar-refractivity contribution in [2.24, 2.45) is 0 Å². The zero-order chi connectivity index (χ0) is 5.82. The molecule has 0 radical (unpaired) electrons. The molecule has 2 heteroatoms. The summed E-state index contributed by atoms with van der Waals surface area (Å²) in [5.74, 6) is 1.70. The number of hydrogen-bond acceptors (Lipinski definition) is 2. The average molecular weight is 124 g/mol. The lowest BCUT2D eigenvalue weighted by molar-refractivity contribution is 0.570. The van der Waals surface area contributed by atoms with Gasteiger partial charge in [0.05, 0.1) is 0 Å². The van der Waals surface area contributed by atoms with Crippen LogP contribution < -0.4 is 0 Å². The molecule has 0 aliphatic heterocycles. The highest BCUT2D eigenvalue weighted by atomic mass is 32.1. The second-order valence-corrected chi connectivity index (χ2v) is 2.10. The third-order valence-corrected chi connectivity index (χ3v) is 1.47. The Labute approximate surface area is 51.3 Å². The Balaban J connectivity index is 2.93. The molecular weight excluding hydrogens is 120 g/mol. The fourth-order valence-electron chi connectivity index (χ4n) is 0.425. The smallest absolute Gasteiger partial charge is 0.125 e. The van der Waals surface area contributed by atoms with Crippen LogP contribution in [0.25, 0.3) is 6.08 Å². The maximum atomic E-state index is 9.70. The van der Waals surface area contributed by atoms with Crippen molar-refractivity contribution in [2.45, 2.75) is 0 Å². The van der Waals surface area contributed by atoms with E-state index < -0.39 is 0 Å². The van der Waals surface area contributed by atoms with Crippen LogP contribution in [-0.4, -0.2) is 5.94 Å². The maximum Gasteiger partial charge on any atom is 0.125 e. The van der Waals surface area contributed by atoms with Crippen LogP contribution in [0.4, 0.5) is 0 Å². The normalized spacial score (nSPS) is 8.00. The molecule has 0 saturated carbocycles. The summed E-state index contributed by atoms with van der Waals surface area (Å²) in [6.45, 7) is 0. The van der Waals surface area contributed by atoms with Gasteiger partial charge in [0.2, 0.25) is 0 Å². The predicted octanol–water partition coefficient (Wildman–Crippen LogP) is 1.59. The van der Waals surface area contributed by atoms with E-state index in [2.05, 4.69) is 0 Å².